The molecule has 0 bridgehead atoms. The number of hydroxylamine groups is 2. The SMILES string of the molecule is CC1(C)CC(=O)CC(C)(P)N1O. The van der Waals surface area contributed by atoms with E-state index in [1.165, 1.54) is 5.06 Å². The van der Waals surface area contributed by atoms with E-state index in [1.807, 2.05) is 20.8 Å². The Morgan fingerprint density at radius 1 is 1.42 bits per heavy atom. The Bertz CT molecular complexity index is 193. The van der Waals surface area contributed by atoms with E-state index in [9.17, 15) is 10.0 Å². The third-order valence-corrected chi connectivity index (χ3v) is 2.69. The standard InChI is InChI=1S/C8H16NO2P/c1-7(2)4-6(10)5-8(3,12)9(7)11/h11H,4-5,12H2,1-3H3. The van der Waals surface area contributed by atoms with Gasteiger partial charge in [-0.05, 0) is 20.8 Å². The third-order valence-electron chi connectivity index (χ3n) is 2.24. The van der Waals surface area contributed by atoms with Gasteiger partial charge in [-0.15, -0.1) is 9.24 Å². The summed E-state index contributed by atoms with van der Waals surface area (Å²) >= 11 is 0. The quantitative estimate of drug-likeness (QED) is 0.586. The Balaban J connectivity index is 2.91. The molecule has 0 aliphatic carbocycles. The third kappa shape index (κ3) is 1.68. The van der Waals surface area contributed by atoms with E-state index in [-0.39, 0.29) is 5.78 Å². The van der Waals surface area contributed by atoms with Crippen LogP contribution in [-0.2, 0) is 4.79 Å². The molecule has 1 fully saturated rings. The Morgan fingerprint density at radius 2 is 1.92 bits per heavy atom. The molecule has 0 amide bonds. The van der Waals surface area contributed by atoms with Gasteiger partial charge < -0.3 is 5.21 Å². The van der Waals surface area contributed by atoms with E-state index in [4.69, 9.17) is 0 Å². The maximum Gasteiger partial charge on any atom is 0.137 e. The summed E-state index contributed by atoms with van der Waals surface area (Å²) in [5.74, 6) is 0.211. The normalized spacial score (nSPS) is 36.9. The highest BCUT2D eigenvalue weighted by Gasteiger charge is 2.44. The Kier molecular flexibility index (Phi) is 2.32. The summed E-state index contributed by atoms with van der Waals surface area (Å²) in [5, 5.41) is 10.5. The van der Waals surface area contributed by atoms with Gasteiger partial charge in [-0.2, -0.15) is 5.06 Å². The number of carbonyl (C=O) groups excluding carboxylic acids is 1. The summed E-state index contributed by atoms with van der Waals surface area (Å²) in [4.78, 5) is 11.3. The molecule has 3 nitrogen and oxygen atoms in total. The number of nitrogens with zero attached hydrogens (tertiary/aromatic N) is 1. The predicted molar refractivity (Wildman–Crippen MR) is 50.1 cm³/mol. The first-order valence-corrected chi connectivity index (χ1v) is 4.63. The van der Waals surface area contributed by atoms with Gasteiger partial charge in [0.1, 0.15) is 5.78 Å². The number of hydrogen-bond donors (Lipinski definition) is 1. The molecule has 70 valence electrons. The van der Waals surface area contributed by atoms with Gasteiger partial charge in [0.2, 0.25) is 0 Å². The largest absolute Gasteiger partial charge is 0.313 e. The molecule has 1 rings (SSSR count). The summed E-state index contributed by atoms with van der Waals surface area (Å²) in [7, 11) is 2.52. The van der Waals surface area contributed by atoms with Crippen LogP contribution in [0.5, 0.6) is 0 Å². The number of rotatable bonds is 0. The van der Waals surface area contributed by atoms with Crippen molar-refractivity contribution >= 4 is 15.0 Å². The van der Waals surface area contributed by atoms with Crippen molar-refractivity contribution in [2.24, 2.45) is 0 Å². The molecule has 2 unspecified atom stereocenters. The Hall–Kier alpha value is 0.0200. The van der Waals surface area contributed by atoms with Gasteiger partial charge >= 0.3 is 0 Å². The first kappa shape index (κ1) is 10.1. The van der Waals surface area contributed by atoms with Crippen LogP contribution in [0.2, 0.25) is 0 Å². The van der Waals surface area contributed by atoms with Gasteiger partial charge in [0, 0.05) is 18.4 Å². The maximum atomic E-state index is 11.3. The van der Waals surface area contributed by atoms with Crippen molar-refractivity contribution in [3.63, 3.8) is 0 Å². The zero-order valence-corrected chi connectivity index (χ0v) is 8.95. The van der Waals surface area contributed by atoms with E-state index < -0.39 is 10.8 Å². The van der Waals surface area contributed by atoms with Crippen LogP contribution < -0.4 is 0 Å². The second kappa shape index (κ2) is 2.76. The number of piperidine rings is 1. The van der Waals surface area contributed by atoms with E-state index in [2.05, 4.69) is 9.24 Å². The van der Waals surface area contributed by atoms with Gasteiger partial charge in [-0.25, -0.2) is 0 Å². The maximum absolute atomic E-state index is 11.3. The lowest BCUT2D eigenvalue weighted by Crippen LogP contribution is -2.57. The highest BCUT2D eigenvalue weighted by molar-refractivity contribution is 7.18. The summed E-state index contributed by atoms with van der Waals surface area (Å²) in [5.41, 5.74) is -0.439. The van der Waals surface area contributed by atoms with E-state index in [0.29, 0.717) is 12.8 Å². The first-order chi connectivity index (χ1) is 5.26. The number of carbonyl (C=O) groups is 1. The van der Waals surface area contributed by atoms with Crippen LogP contribution in [0.4, 0.5) is 0 Å². The average molecular weight is 189 g/mol. The Morgan fingerprint density at radius 3 is 2.33 bits per heavy atom. The van der Waals surface area contributed by atoms with Crippen molar-refractivity contribution in [1.29, 1.82) is 0 Å². The van der Waals surface area contributed by atoms with Crippen molar-refractivity contribution in [3.8, 4) is 0 Å². The second-order valence-electron chi connectivity index (χ2n) is 4.37. The van der Waals surface area contributed by atoms with Gasteiger partial charge in [-0.3, -0.25) is 4.79 Å². The lowest BCUT2D eigenvalue weighted by atomic mass is 9.88. The fraction of sp³-hybridized carbons (Fsp3) is 0.875. The molecule has 0 saturated carbocycles. The molecule has 2 atom stereocenters. The molecule has 1 saturated heterocycles. The summed E-state index contributed by atoms with van der Waals surface area (Å²) in [6.45, 7) is 5.58. The van der Waals surface area contributed by atoms with Crippen LogP contribution >= 0.6 is 9.24 Å². The monoisotopic (exact) mass is 189 g/mol. The van der Waals surface area contributed by atoms with Crippen LogP contribution in [0.1, 0.15) is 33.6 Å². The lowest BCUT2D eigenvalue weighted by molar-refractivity contribution is -0.216. The van der Waals surface area contributed by atoms with E-state index in [1.54, 1.807) is 0 Å². The molecule has 0 radical (unpaired) electrons. The van der Waals surface area contributed by atoms with Crippen molar-refractivity contribution in [3.05, 3.63) is 0 Å². The summed E-state index contributed by atoms with van der Waals surface area (Å²) in [6.07, 6.45) is 0.824. The van der Waals surface area contributed by atoms with Gasteiger partial charge in [0.15, 0.2) is 0 Å². The minimum Gasteiger partial charge on any atom is -0.313 e. The highest BCUT2D eigenvalue weighted by atomic mass is 31.0. The van der Waals surface area contributed by atoms with Crippen LogP contribution in [0, 0.1) is 0 Å². The van der Waals surface area contributed by atoms with Crippen molar-refractivity contribution < 1.29 is 10.0 Å². The fourth-order valence-electron chi connectivity index (χ4n) is 1.79. The average Bonchev–Trinajstić information content (AvgIpc) is 1.80. The smallest absolute Gasteiger partial charge is 0.137 e. The minimum absolute atomic E-state index is 0.211. The lowest BCUT2D eigenvalue weighted by Gasteiger charge is -2.47. The van der Waals surface area contributed by atoms with Gasteiger partial charge in [0.05, 0.1) is 5.28 Å². The highest BCUT2D eigenvalue weighted by Crippen LogP contribution is 2.38. The van der Waals surface area contributed by atoms with Gasteiger partial charge in [0.25, 0.3) is 0 Å². The number of ketones is 1. The molecule has 0 aromatic heterocycles. The molecule has 4 heteroatoms. The van der Waals surface area contributed by atoms with Crippen molar-refractivity contribution in [1.82, 2.24) is 5.06 Å². The zero-order chi connectivity index (χ0) is 9.57. The molecule has 0 aromatic rings. The van der Waals surface area contributed by atoms with E-state index >= 15 is 0 Å². The second-order valence-corrected chi connectivity index (χ2v) is 5.62. The van der Waals surface area contributed by atoms with Crippen LogP contribution in [-0.4, -0.2) is 26.9 Å². The predicted octanol–water partition coefficient (Wildman–Crippen LogP) is 1.41. The molecule has 1 aliphatic rings. The van der Waals surface area contributed by atoms with Gasteiger partial charge in [-0.1, -0.05) is 0 Å². The summed E-state index contributed by atoms with van der Waals surface area (Å²) < 4.78 is 0. The van der Waals surface area contributed by atoms with Crippen molar-refractivity contribution in [2.75, 3.05) is 0 Å². The topological polar surface area (TPSA) is 40.5 Å². The molecule has 12 heavy (non-hydrogen) atoms. The van der Waals surface area contributed by atoms with Crippen LogP contribution in [0.25, 0.3) is 0 Å². The molecule has 1 aliphatic heterocycles. The molecule has 0 aromatic carbocycles. The Labute approximate surface area is 75.3 Å². The molecular formula is C8H16NO2P. The van der Waals surface area contributed by atoms with Crippen molar-refractivity contribution in [2.45, 2.75) is 44.4 Å². The van der Waals surface area contributed by atoms with Crippen LogP contribution in [0.3, 0.4) is 0 Å². The fourth-order valence-corrected chi connectivity index (χ4v) is 2.36. The summed E-state index contributed by atoms with van der Waals surface area (Å²) in [6, 6.07) is 0. The molecular weight excluding hydrogens is 173 g/mol. The van der Waals surface area contributed by atoms with Crippen LogP contribution in [0.15, 0.2) is 0 Å². The minimum atomic E-state index is -0.501. The number of Topliss-reactive ketones (excluding diaryl/α,β-unsaturated/α-hetero) is 1. The molecule has 1 heterocycles. The number of hydrogen-bond acceptors (Lipinski definition) is 3. The first-order valence-electron chi connectivity index (χ1n) is 4.05. The molecule has 1 N–H and O–H groups in total. The van der Waals surface area contributed by atoms with E-state index in [0.717, 1.165) is 0 Å². The zero-order valence-electron chi connectivity index (χ0n) is 7.79. The molecule has 0 spiro atoms.